The van der Waals surface area contributed by atoms with Crippen LogP contribution in [-0.4, -0.2) is 30.1 Å². The maximum atomic E-state index is 13.1. The molecule has 1 saturated heterocycles. The average molecular weight is 479 g/mol. The molecule has 180 valence electrons. The number of ether oxygens (including phenoxy) is 2. The second-order valence-electron chi connectivity index (χ2n) is 10.3. The van der Waals surface area contributed by atoms with Crippen LogP contribution in [0.25, 0.3) is 10.8 Å². The first kappa shape index (κ1) is 21.4. The number of fused-ring (bicyclic) bond motifs is 4. The molecule has 4 atom stereocenters. The number of methoxy groups -OCH3 is 1. The van der Waals surface area contributed by atoms with Gasteiger partial charge in [0.05, 0.1) is 25.2 Å². The minimum Gasteiger partial charge on any atom is -0.493 e. The molecule has 36 heavy (non-hydrogen) atoms. The molecule has 6 heteroatoms. The molecule has 0 N–H and O–H groups in total. The minimum atomic E-state index is -0.244. The number of hydrogen-bond donors (Lipinski definition) is 0. The molecule has 0 radical (unpaired) electrons. The van der Waals surface area contributed by atoms with E-state index in [2.05, 4.69) is 41.5 Å². The second-order valence-corrected chi connectivity index (χ2v) is 10.3. The van der Waals surface area contributed by atoms with Gasteiger partial charge in [-0.3, -0.25) is 9.59 Å². The highest BCUT2D eigenvalue weighted by atomic mass is 16.5. The van der Waals surface area contributed by atoms with Crippen molar-refractivity contribution in [2.24, 2.45) is 34.2 Å². The first-order valence-electron chi connectivity index (χ1n) is 12.5. The summed E-state index contributed by atoms with van der Waals surface area (Å²) in [5.74, 6) is 0.761. The number of allylic oxidation sites excluding steroid dienone is 2. The van der Waals surface area contributed by atoms with Crippen molar-refractivity contribution >= 4 is 28.8 Å². The standard InChI is InChI=1S/C30H26N2O4/c1-35-25-15-18(9-12-24(25)36-17-20-7-4-6-19-5-2-3-8-21(19)20)16-31-32-28(33)26-22-10-11-23(27(26)29(32)34)30(22)13-14-30/h2-12,15-16,22-23,26-27H,13-14,17H2,1H3/b31-16-/t22-,23-,26-,27-/m1/s1. The third kappa shape index (κ3) is 3.00. The Morgan fingerprint density at radius 3 is 2.39 bits per heavy atom. The lowest BCUT2D eigenvalue weighted by Crippen LogP contribution is -2.30. The molecule has 3 aliphatic carbocycles. The van der Waals surface area contributed by atoms with E-state index in [4.69, 9.17) is 9.47 Å². The van der Waals surface area contributed by atoms with Crippen molar-refractivity contribution in [3.63, 3.8) is 0 Å². The van der Waals surface area contributed by atoms with E-state index >= 15 is 0 Å². The van der Waals surface area contributed by atoms with Gasteiger partial charge in [-0.1, -0.05) is 54.6 Å². The number of benzene rings is 3. The van der Waals surface area contributed by atoms with Gasteiger partial charge in [-0.2, -0.15) is 10.1 Å². The van der Waals surface area contributed by atoms with Crippen molar-refractivity contribution in [1.82, 2.24) is 5.01 Å². The number of carbonyl (C=O) groups excluding carboxylic acids is 2. The van der Waals surface area contributed by atoms with E-state index in [0.717, 1.165) is 34.4 Å². The quantitative estimate of drug-likeness (QED) is 0.285. The van der Waals surface area contributed by atoms with E-state index in [1.807, 2.05) is 30.3 Å². The predicted octanol–water partition coefficient (Wildman–Crippen LogP) is 4.96. The number of nitrogens with zero attached hydrogens (tertiary/aromatic N) is 2. The predicted molar refractivity (Wildman–Crippen MR) is 135 cm³/mol. The van der Waals surface area contributed by atoms with Crippen molar-refractivity contribution in [2.75, 3.05) is 7.11 Å². The van der Waals surface area contributed by atoms with Gasteiger partial charge in [0.15, 0.2) is 11.5 Å². The van der Waals surface area contributed by atoms with Crippen LogP contribution in [0, 0.1) is 29.1 Å². The first-order valence-corrected chi connectivity index (χ1v) is 12.5. The zero-order valence-electron chi connectivity index (χ0n) is 20.0. The molecule has 2 amide bonds. The first-order chi connectivity index (χ1) is 17.6. The summed E-state index contributed by atoms with van der Waals surface area (Å²) in [5.41, 5.74) is 2.00. The third-order valence-corrected chi connectivity index (χ3v) is 8.60. The number of hydrazone groups is 1. The summed E-state index contributed by atoms with van der Waals surface area (Å²) in [6.07, 6.45) is 8.13. The molecular weight excluding hydrogens is 452 g/mol. The maximum Gasteiger partial charge on any atom is 0.254 e. The largest absolute Gasteiger partial charge is 0.493 e. The lowest BCUT2D eigenvalue weighted by atomic mass is 9.85. The summed E-state index contributed by atoms with van der Waals surface area (Å²) in [7, 11) is 1.59. The third-order valence-electron chi connectivity index (χ3n) is 8.60. The minimum absolute atomic E-state index is 0.161. The van der Waals surface area contributed by atoms with Crippen molar-refractivity contribution in [2.45, 2.75) is 19.4 Å². The fourth-order valence-electron chi connectivity index (χ4n) is 6.76. The molecule has 3 aromatic carbocycles. The van der Waals surface area contributed by atoms with Crippen molar-refractivity contribution in [3.05, 3.63) is 83.9 Å². The normalized spacial score (nSPS) is 27.0. The Balaban J connectivity index is 1.08. The van der Waals surface area contributed by atoms with Gasteiger partial charge in [-0.15, -0.1) is 0 Å². The van der Waals surface area contributed by atoms with Gasteiger partial charge >= 0.3 is 0 Å². The Bertz CT molecular complexity index is 1430. The molecule has 1 aliphatic heterocycles. The summed E-state index contributed by atoms with van der Waals surface area (Å²) in [4.78, 5) is 26.3. The number of rotatable bonds is 6. The zero-order valence-corrected chi connectivity index (χ0v) is 20.0. The summed E-state index contributed by atoms with van der Waals surface area (Å²) < 4.78 is 11.7. The highest BCUT2D eigenvalue weighted by Crippen LogP contribution is 2.73. The molecule has 4 aliphatic rings. The molecule has 0 unspecified atom stereocenters. The summed E-state index contributed by atoms with van der Waals surface area (Å²) >= 11 is 0. The smallest absolute Gasteiger partial charge is 0.254 e. The van der Waals surface area contributed by atoms with Gasteiger partial charge in [0.2, 0.25) is 0 Å². The highest BCUT2D eigenvalue weighted by Gasteiger charge is 2.73. The molecule has 7 rings (SSSR count). The molecule has 3 fully saturated rings. The van der Waals surface area contributed by atoms with Gasteiger partial charge in [0.25, 0.3) is 11.8 Å². The Morgan fingerprint density at radius 2 is 1.67 bits per heavy atom. The number of carbonyl (C=O) groups is 2. The average Bonchev–Trinajstić information content (AvgIpc) is 3.51. The Labute approximate surface area is 209 Å². The summed E-state index contributed by atoms with van der Waals surface area (Å²) in [5, 5.41) is 7.74. The Morgan fingerprint density at radius 1 is 0.944 bits per heavy atom. The van der Waals surface area contributed by atoms with Gasteiger partial charge in [-0.25, -0.2) is 0 Å². The van der Waals surface area contributed by atoms with E-state index < -0.39 is 0 Å². The fourth-order valence-corrected chi connectivity index (χ4v) is 6.76. The van der Waals surface area contributed by atoms with E-state index in [1.165, 1.54) is 5.39 Å². The molecule has 2 bridgehead atoms. The molecule has 3 aromatic rings. The van der Waals surface area contributed by atoms with Crippen LogP contribution < -0.4 is 9.47 Å². The fraction of sp³-hybridized carbons (Fsp3) is 0.300. The van der Waals surface area contributed by atoms with Crippen LogP contribution >= 0.6 is 0 Å². The van der Waals surface area contributed by atoms with Crippen LogP contribution in [-0.2, 0) is 16.2 Å². The van der Waals surface area contributed by atoms with Crippen LogP contribution in [0.3, 0.4) is 0 Å². The maximum absolute atomic E-state index is 13.1. The molecule has 2 saturated carbocycles. The van der Waals surface area contributed by atoms with Gasteiger partial charge in [0, 0.05) is 0 Å². The molecule has 1 spiro atoms. The van der Waals surface area contributed by atoms with Crippen molar-refractivity contribution in [3.8, 4) is 11.5 Å². The lowest BCUT2D eigenvalue weighted by Gasteiger charge is -2.18. The van der Waals surface area contributed by atoms with Crippen LogP contribution in [0.2, 0.25) is 0 Å². The topological polar surface area (TPSA) is 68.2 Å². The van der Waals surface area contributed by atoms with Gasteiger partial charge in [0.1, 0.15) is 6.61 Å². The van der Waals surface area contributed by atoms with E-state index in [1.54, 1.807) is 19.4 Å². The summed E-state index contributed by atoms with van der Waals surface area (Å²) in [6, 6.07) is 19.9. The van der Waals surface area contributed by atoms with Crippen LogP contribution in [0.15, 0.2) is 77.9 Å². The van der Waals surface area contributed by atoms with E-state index in [9.17, 15) is 9.59 Å². The number of hydrogen-bond acceptors (Lipinski definition) is 5. The van der Waals surface area contributed by atoms with Crippen LogP contribution in [0.4, 0.5) is 0 Å². The van der Waals surface area contributed by atoms with Gasteiger partial charge in [-0.05, 0) is 70.2 Å². The summed E-state index contributed by atoms with van der Waals surface area (Å²) in [6.45, 7) is 0.405. The van der Waals surface area contributed by atoms with Crippen LogP contribution in [0.5, 0.6) is 11.5 Å². The number of amides is 2. The molecule has 1 heterocycles. The Kier molecular flexibility index (Phi) is 4.62. The van der Waals surface area contributed by atoms with E-state index in [-0.39, 0.29) is 40.9 Å². The van der Waals surface area contributed by atoms with Crippen molar-refractivity contribution in [1.29, 1.82) is 0 Å². The Hall–Kier alpha value is -3.93. The van der Waals surface area contributed by atoms with Crippen LogP contribution in [0.1, 0.15) is 24.0 Å². The molecular formula is C30H26N2O4. The SMILES string of the molecule is COc1cc(/C=N\N2C(=O)[C@H]3[C@H](C2=O)[C@H]2C=C[C@H]3C23CC3)ccc1OCc1cccc2ccccc12. The number of imide groups is 1. The van der Waals surface area contributed by atoms with Crippen molar-refractivity contribution < 1.29 is 19.1 Å². The monoisotopic (exact) mass is 478 g/mol. The molecule has 0 aromatic heterocycles. The molecule has 6 nitrogen and oxygen atoms in total. The van der Waals surface area contributed by atoms with E-state index in [0.29, 0.717) is 18.1 Å². The highest BCUT2D eigenvalue weighted by molar-refractivity contribution is 6.07. The second kappa shape index (κ2) is 7.79. The zero-order chi connectivity index (χ0) is 24.4. The lowest BCUT2D eigenvalue weighted by molar-refractivity contribution is -0.141. The van der Waals surface area contributed by atoms with Gasteiger partial charge < -0.3 is 9.47 Å².